The fraction of sp³-hybridized carbons (Fsp3) is 0.545. The molecule has 0 aromatic carbocycles. The van der Waals surface area contributed by atoms with Crippen LogP contribution in [-0.2, 0) is 4.74 Å². The number of esters is 1. The van der Waals surface area contributed by atoms with Crippen molar-refractivity contribution in [1.82, 2.24) is 9.88 Å². The van der Waals surface area contributed by atoms with Gasteiger partial charge in [-0.05, 0) is 6.92 Å². The van der Waals surface area contributed by atoms with Crippen LogP contribution in [0.5, 0.6) is 0 Å². The summed E-state index contributed by atoms with van der Waals surface area (Å²) in [7, 11) is 0. The van der Waals surface area contributed by atoms with Gasteiger partial charge in [0.2, 0.25) is 0 Å². The monoisotopic (exact) mass is 269 g/mol. The third kappa shape index (κ3) is 2.95. The Hall–Kier alpha value is -2.25. The Balaban J connectivity index is 1.97. The van der Waals surface area contributed by atoms with Gasteiger partial charge in [-0.15, -0.1) is 0 Å². The van der Waals surface area contributed by atoms with Gasteiger partial charge in [-0.25, -0.2) is 9.59 Å². The van der Waals surface area contributed by atoms with E-state index in [-0.39, 0.29) is 12.3 Å². The number of hydrogen-bond donors (Lipinski definition) is 1. The number of aromatic nitrogens is 1. The standard InChI is InChI=1S/C11H15N3O5/c1-2-18-9(15)8-7-19-10(12-8)13-3-5-14(6-4-13)11(16)17/h7H,2-6H2,1H3,(H,16,17). The van der Waals surface area contributed by atoms with Crippen LogP contribution in [0.3, 0.4) is 0 Å². The quantitative estimate of drug-likeness (QED) is 0.805. The highest BCUT2D eigenvalue weighted by Crippen LogP contribution is 2.16. The highest BCUT2D eigenvalue weighted by Gasteiger charge is 2.24. The smallest absolute Gasteiger partial charge is 0.407 e. The molecule has 1 aromatic heterocycles. The Morgan fingerprint density at radius 3 is 2.68 bits per heavy atom. The molecule has 1 N–H and O–H groups in total. The summed E-state index contributed by atoms with van der Waals surface area (Å²) >= 11 is 0. The van der Waals surface area contributed by atoms with Crippen LogP contribution in [0.2, 0.25) is 0 Å². The number of nitrogens with zero attached hydrogens (tertiary/aromatic N) is 3. The lowest BCUT2D eigenvalue weighted by Crippen LogP contribution is -2.48. The second kappa shape index (κ2) is 5.59. The van der Waals surface area contributed by atoms with Gasteiger partial charge in [0.15, 0.2) is 5.69 Å². The molecule has 0 radical (unpaired) electrons. The minimum Gasteiger partial charge on any atom is -0.465 e. The Morgan fingerprint density at radius 1 is 1.42 bits per heavy atom. The summed E-state index contributed by atoms with van der Waals surface area (Å²) in [5, 5.41) is 8.84. The minimum absolute atomic E-state index is 0.123. The molecule has 0 spiro atoms. The lowest BCUT2D eigenvalue weighted by Gasteiger charge is -2.31. The molecule has 1 aliphatic rings. The summed E-state index contributed by atoms with van der Waals surface area (Å²) in [6.45, 7) is 3.71. The third-order valence-electron chi connectivity index (χ3n) is 2.80. The van der Waals surface area contributed by atoms with Crippen molar-refractivity contribution in [3.05, 3.63) is 12.0 Å². The van der Waals surface area contributed by atoms with Crippen LogP contribution in [0.15, 0.2) is 10.7 Å². The number of anilines is 1. The SMILES string of the molecule is CCOC(=O)c1coc(N2CCN(C(=O)O)CC2)n1. The zero-order valence-electron chi connectivity index (χ0n) is 10.5. The number of piperazine rings is 1. The number of hydrogen-bond acceptors (Lipinski definition) is 6. The van der Waals surface area contributed by atoms with E-state index in [0.717, 1.165) is 0 Å². The van der Waals surface area contributed by atoms with Crippen molar-refractivity contribution in [2.24, 2.45) is 0 Å². The molecule has 104 valence electrons. The molecule has 0 atom stereocenters. The number of carbonyl (C=O) groups excluding carboxylic acids is 1. The summed E-state index contributed by atoms with van der Waals surface area (Å²) in [6.07, 6.45) is 0.316. The Morgan fingerprint density at radius 2 is 2.11 bits per heavy atom. The average Bonchev–Trinajstić information content (AvgIpc) is 2.89. The van der Waals surface area contributed by atoms with Crippen molar-refractivity contribution < 1.29 is 23.8 Å². The first-order chi connectivity index (χ1) is 9.11. The largest absolute Gasteiger partial charge is 0.465 e. The topological polar surface area (TPSA) is 96.1 Å². The molecule has 19 heavy (non-hydrogen) atoms. The predicted molar refractivity (Wildman–Crippen MR) is 64.3 cm³/mol. The molecule has 8 nitrogen and oxygen atoms in total. The molecule has 2 heterocycles. The summed E-state index contributed by atoms with van der Waals surface area (Å²) < 4.78 is 10.0. The van der Waals surface area contributed by atoms with Gasteiger partial charge in [0.25, 0.3) is 6.01 Å². The van der Waals surface area contributed by atoms with Crippen LogP contribution in [0.4, 0.5) is 10.8 Å². The van der Waals surface area contributed by atoms with Gasteiger partial charge >= 0.3 is 12.1 Å². The molecule has 1 fully saturated rings. The van der Waals surface area contributed by atoms with E-state index in [9.17, 15) is 9.59 Å². The normalized spacial score (nSPS) is 15.4. The van der Waals surface area contributed by atoms with E-state index in [4.69, 9.17) is 14.3 Å². The zero-order chi connectivity index (χ0) is 13.8. The summed E-state index contributed by atoms with van der Waals surface area (Å²) in [5.74, 6) is -0.526. The van der Waals surface area contributed by atoms with Gasteiger partial charge in [-0.3, -0.25) is 0 Å². The second-order valence-electron chi connectivity index (χ2n) is 3.99. The van der Waals surface area contributed by atoms with E-state index in [1.807, 2.05) is 0 Å². The van der Waals surface area contributed by atoms with Gasteiger partial charge in [0.1, 0.15) is 6.26 Å². The minimum atomic E-state index is -0.931. The second-order valence-corrected chi connectivity index (χ2v) is 3.99. The molecule has 2 rings (SSSR count). The lowest BCUT2D eigenvalue weighted by molar-refractivity contribution is 0.0519. The number of carboxylic acid groups (broad SMARTS) is 1. The maximum absolute atomic E-state index is 11.4. The molecule has 1 amide bonds. The van der Waals surface area contributed by atoms with Crippen LogP contribution in [-0.4, -0.2) is 59.8 Å². The van der Waals surface area contributed by atoms with Crippen molar-refractivity contribution in [1.29, 1.82) is 0 Å². The number of rotatable bonds is 3. The Kier molecular flexibility index (Phi) is 3.88. The zero-order valence-corrected chi connectivity index (χ0v) is 10.5. The third-order valence-corrected chi connectivity index (χ3v) is 2.80. The molecule has 1 saturated heterocycles. The Labute approximate surface area is 109 Å². The maximum Gasteiger partial charge on any atom is 0.407 e. The van der Waals surface area contributed by atoms with E-state index >= 15 is 0 Å². The summed E-state index contributed by atoms with van der Waals surface area (Å²) in [5.41, 5.74) is 0.123. The predicted octanol–water partition coefficient (Wildman–Crippen LogP) is 0.651. The van der Waals surface area contributed by atoms with Crippen molar-refractivity contribution >= 4 is 18.1 Å². The van der Waals surface area contributed by atoms with E-state index < -0.39 is 12.1 Å². The van der Waals surface area contributed by atoms with E-state index in [1.165, 1.54) is 11.2 Å². The summed E-state index contributed by atoms with van der Waals surface area (Å²) in [6, 6.07) is 0.313. The molecular weight excluding hydrogens is 254 g/mol. The average molecular weight is 269 g/mol. The highest BCUT2D eigenvalue weighted by atomic mass is 16.5. The van der Waals surface area contributed by atoms with Gasteiger partial charge < -0.3 is 24.1 Å². The van der Waals surface area contributed by atoms with E-state index in [2.05, 4.69) is 4.98 Å². The van der Waals surface area contributed by atoms with E-state index in [1.54, 1.807) is 11.8 Å². The van der Waals surface area contributed by atoms with Crippen molar-refractivity contribution in [3.63, 3.8) is 0 Å². The van der Waals surface area contributed by atoms with Gasteiger partial charge in [0.05, 0.1) is 6.61 Å². The van der Waals surface area contributed by atoms with Gasteiger partial charge in [-0.1, -0.05) is 0 Å². The lowest BCUT2D eigenvalue weighted by atomic mass is 10.3. The molecule has 8 heteroatoms. The van der Waals surface area contributed by atoms with E-state index in [0.29, 0.717) is 32.2 Å². The fourth-order valence-corrected chi connectivity index (χ4v) is 1.80. The molecule has 0 aliphatic carbocycles. The fourth-order valence-electron chi connectivity index (χ4n) is 1.80. The van der Waals surface area contributed by atoms with Gasteiger partial charge in [-0.2, -0.15) is 4.98 Å². The first-order valence-electron chi connectivity index (χ1n) is 5.97. The van der Waals surface area contributed by atoms with Crippen LogP contribution < -0.4 is 4.90 Å². The van der Waals surface area contributed by atoms with Crippen molar-refractivity contribution in [2.75, 3.05) is 37.7 Å². The molecule has 0 bridgehead atoms. The first kappa shape index (κ1) is 13.2. The van der Waals surface area contributed by atoms with Crippen LogP contribution in [0, 0.1) is 0 Å². The van der Waals surface area contributed by atoms with Gasteiger partial charge in [0, 0.05) is 26.2 Å². The maximum atomic E-state index is 11.4. The number of ether oxygens (including phenoxy) is 1. The van der Waals surface area contributed by atoms with Crippen LogP contribution >= 0.6 is 0 Å². The molecule has 1 aromatic rings. The number of carbonyl (C=O) groups is 2. The first-order valence-corrected chi connectivity index (χ1v) is 5.97. The van der Waals surface area contributed by atoms with Crippen molar-refractivity contribution in [2.45, 2.75) is 6.92 Å². The highest BCUT2D eigenvalue weighted by molar-refractivity contribution is 5.87. The number of oxazole rings is 1. The Bertz CT molecular complexity index is 465. The summed E-state index contributed by atoms with van der Waals surface area (Å²) in [4.78, 5) is 29.4. The molecule has 0 saturated carbocycles. The number of amides is 1. The molecular formula is C11H15N3O5. The molecule has 1 aliphatic heterocycles. The molecule has 0 unspecified atom stereocenters. The van der Waals surface area contributed by atoms with Crippen LogP contribution in [0.1, 0.15) is 17.4 Å². The van der Waals surface area contributed by atoms with Crippen molar-refractivity contribution in [3.8, 4) is 0 Å². The van der Waals surface area contributed by atoms with Crippen LogP contribution in [0.25, 0.3) is 0 Å².